The summed E-state index contributed by atoms with van der Waals surface area (Å²) in [5.41, 5.74) is 0. The van der Waals surface area contributed by atoms with Crippen LogP contribution in [0.3, 0.4) is 0 Å². The minimum atomic E-state index is -1.00. The van der Waals surface area contributed by atoms with E-state index in [9.17, 15) is 4.79 Å². The van der Waals surface area contributed by atoms with E-state index in [-0.39, 0.29) is 6.61 Å². The summed E-state index contributed by atoms with van der Waals surface area (Å²) in [7, 11) is 0. The summed E-state index contributed by atoms with van der Waals surface area (Å²) in [6.45, 7) is 1.58. The Labute approximate surface area is 68.8 Å². The molecule has 0 aromatic rings. The number of hydrogen-bond acceptors (Lipinski definition) is 4. The Bertz CT molecular complexity index is 135. The van der Waals surface area contributed by atoms with E-state index in [0.29, 0.717) is 4.38 Å². The van der Waals surface area contributed by atoms with Gasteiger partial charge in [0.05, 0.1) is 0 Å². The number of carboxylic acids is 1. The molecule has 0 spiro atoms. The third-order valence-corrected chi connectivity index (χ3v) is 1.69. The lowest BCUT2D eigenvalue weighted by Gasteiger charge is -2.00. The largest absolute Gasteiger partial charge is 0.479 e. The minimum Gasteiger partial charge on any atom is -0.479 e. The van der Waals surface area contributed by atoms with Gasteiger partial charge in [-0.1, -0.05) is 18.7 Å². The third kappa shape index (κ3) is 5.84. The molecule has 1 N–H and O–H groups in total. The standard InChI is InChI=1S/C5H8O3S2/c1-2-10-5(9)8-3-4(6)7/h2-3H2,1H3,(H,6,7). The van der Waals surface area contributed by atoms with E-state index in [4.69, 9.17) is 5.11 Å². The summed E-state index contributed by atoms with van der Waals surface area (Å²) in [4.78, 5) is 9.91. The van der Waals surface area contributed by atoms with Crippen LogP contribution in [0.25, 0.3) is 0 Å². The zero-order valence-electron chi connectivity index (χ0n) is 5.49. The van der Waals surface area contributed by atoms with Crippen molar-refractivity contribution in [2.24, 2.45) is 0 Å². The molecular weight excluding hydrogens is 172 g/mol. The summed E-state index contributed by atoms with van der Waals surface area (Å²) in [5, 5.41) is 8.14. The fourth-order valence-electron chi connectivity index (χ4n) is 0.280. The van der Waals surface area contributed by atoms with Crippen LogP contribution in [0, 0.1) is 0 Å². The van der Waals surface area contributed by atoms with Crippen LogP contribution in [0.2, 0.25) is 0 Å². The van der Waals surface area contributed by atoms with E-state index in [0.717, 1.165) is 5.75 Å². The van der Waals surface area contributed by atoms with Crippen LogP contribution in [0.4, 0.5) is 0 Å². The molecule has 0 heterocycles. The summed E-state index contributed by atoms with van der Waals surface area (Å²) in [6, 6.07) is 0. The van der Waals surface area contributed by atoms with Gasteiger partial charge in [-0.2, -0.15) is 0 Å². The van der Waals surface area contributed by atoms with Gasteiger partial charge in [-0.15, -0.1) is 0 Å². The Balaban J connectivity index is 3.30. The van der Waals surface area contributed by atoms with E-state index in [1.165, 1.54) is 11.8 Å². The highest BCUT2D eigenvalue weighted by Gasteiger charge is 1.99. The van der Waals surface area contributed by atoms with Crippen molar-refractivity contribution in [3.63, 3.8) is 0 Å². The monoisotopic (exact) mass is 180 g/mol. The maximum absolute atomic E-state index is 9.91. The minimum absolute atomic E-state index is 0.296. The molecule has 0 unspecified atom stereocenters. The third-order valence-electron chi connectivity index (χ3n) is 0.576. The van der Waals surface area contributed by atoms with Crippen LogP contribution in [-0.2, 0) is 9.53 Å². The Hall–Kier alpha value is -0.290. The second-order valence-electron chi connectivity index (χ2n) is 1.37. The summed E-state index contributed by atoms with van der Waals surface area (Å²) in [5.74, 6) is -0.197. The summed E-state index contributed by atoms with van der Waals surface area (Å²) < 4.78 is 4.93. The van der Waals surface area contributed by atoms with Gasteiger partial charge >= 0.3 is 5.97 Å². The molecule has 0 fully saturated rings. The van der Waals surface area contributed by atoms with E-state index in [2.05, 4.69) is 17.0 Å². The number of thiocarbonyl (C=S) groups is 1. The molecular formula is C5H8O3S2. The molecule has 0 amide bonds. The van der Waals surface area contributed by atoms with Crippen molar-refractivity contribution in [1.29, 1.82) is 0 Å². The average molecular weight is 180 g/mol. The summed E-state index contributed by atoms with van der Waals surface area (Å²) >= 11 is 5.97. The van der Waals surface area contributed by atoms with Crippen molar-refractivity contribution in [1.82, 2.24) is 0 Å². The number of rotatable bonds is 3. The molecule has 0 aromatic heterocycles. The van der Waals surface area contributed by atoms with Gasteiger partial charge < -0.3 is 9.84 Å². The molecule has 0 aromatic carbocycles. The zero-order chi connectivity index (χ0) is 7.98. The molecule has 0 radical (unpaired) electrons. The van der Waals surface area contributed by atoms with Crippen LogP contribution >= 0.6 is 24.0 Å². The second kappa shape index (κ2) is 5.49. The molecule has 10 heavy (non-hydrogen) atoms. The first-order valence-electron chi connectivity index (χ1n) is 2.68. The lowest BCUT2D eigenvalue weighted by molar-refractivity contribution is -0.139. The Morgan fingerprint density at radius 2 is 2.40 bits per heavy atom. The number of ether oxygens (including phenoxy) is 1. The van der Waals surface area contributed by atoms with E-state index in [1.807, 2.05) is 6.92 Å². The first-order valence-corrected chi connectivity index (χ1v) is 4.07. The molecule has 0 aliphatic rings. The maximum atomic E-state index is 9.91. The van der Waals surface area contributed by atoms with Crippen LogP contribution in [0.1, 0.15) is 6.92 Å². The van der Waals surface area contributed by atoms with Crippen molar-refractivity contribution in [2.75, 3.05) is 12.4 Å². The van der Waals surface area contributed by atoms with Gasteiger partial charge in [-0.25, -0.2) is 4.79 Å². The predicted molar refractivity (Wildman–Crippen MR) is 44.3 cm³/mol. The van der Waals surface area contributed by atoms with Gasteiger partial charge in [0, 0.05) is 0 Å². The van der Waals surface area contributed by atoms with Crippen molar-refractivity contribution in [2.45, 2.75) is 6.92 Å². The number of aliphatic carboxylic acids is 1. The van der Waals surface area contributed by atoms with Gasteiger partial charge in [0.2, 0.25) is 4.38 Å². The topological polar surface area (TPSA) is 46.5 Å². The molecule has 0 saturated carbocycles. The molecule has 0 atom stereocenters. The van der Waals surface area contributed by atoms with Gasteiger partial charge in [-0.3, -0.25) is 0 Å². The van der Waals surface area contributed by atoms with Crippen LogP contribution in [-0.4, -0.2) is 27.8 Å². The number of hydrogen-bond donors (Lipinski definition) is 1. The maximum Gasteiger partial charge on any atom is 0.341 e. The SMILES string of the molecule is CCSC(=S)OCC(=O)O. The highest BCUT2D eigenvalue weighted by atomic mass is 32.2. The average Bonchev–Trinajstić information content (AvgIpc) is 1.85. The highest BCUT2D eigenvalue weighted by molar-refractivity contribution is 8.22. The van der Waals surface area contributed by atoms with Crippen molar-refractivity contribution in [3.8, 4) is 0 Å². The first-order chi connectivity index (χ1) is 4.66. The quantitative estimate of drug-likeness (QED) is 0.659. The molecule has 0 aliphatic carbocycles. The Kier molecular flexibility index (Phi) is 5.33. The van der Waals surface area contributed by atoms with Gasteiger partial charge in [0.1, 0.15) is 0 Å². The van der Waals surface area contributed by atoms with Gasteiger partial charge in [0.25, 0.3) is 0 Å². The van der Waals surface area contributed by atoms with Crippen molar-refractivity contribution >= 4 is 34.3 Å². The van der Waals surface area contributed by atoms with Crippen LogP contribution in [0.5, 0.6) is 0 Å². The van der Waals surface area contributed by atoms with Gasteiger partial charge in [-0.05, 0) is 18.0 Å². The van der Waals surface area contributed by atoms with Gasteiger partial charge in [0.15, 0.2) is 6.61 Å². The van der Waals surface area contributed by atoms with E-state index in [1.54, 1.807) is 0 Å². The normalized spacial score (nSPS) is 8.90. The fraction of sp³-hybridized carbons (Fsp3) is 0.600. The van der Waals surface area contributed by atoms with Crippen molar-refractivity contribution in [3.05, 3.63) is 0 Å². The number of carbonyl (C=O) groups is 1. The van der Waals surface area contributed by atoms with Crippen molar-refractivity contribution < 1.29 is 14.6 Å². The molecule has 0 saturated heterocycles. The van der Waals surface area contributed by atoms with E-state index >= 15 is 0 Å². The highest BCUT2D eigenvalue weighted by Crippen LogP contribution is 2.03. The summed E-state index contributed by atoms with van der Waals surface area (Å²) in [6.07, 6.45) is 0. The van der Waals surface area contributed by atoms with Crippen LogP contribution < -0.4 is 0 Å². The number of thioether (sulfide) groups is 1. The second-order valence-corrected chi connectivity index (χ2v) is 3.23. The molecule has 0 rings (SSSR count). The molecule has 0 aliphatic heterocycles. The van der Waals surface area contributed by atoms with E-state index < -0.39 is 5.97 Å². The molecule has 58 valence electrons. The van der Waals surface area contributed by atoms with Crippen LogP contribution in [0.15, 0.2) is 0 Å². The Morgan fingerprint density at radius 3 is 2.80 bits per heavy atom. The number of carboxylic acid groups (broad SMARTS) is 1. The fourth-order valence-corrected chi connectivity index (χ4v) is 1.07. The Morgan fingerprint density at radius 1 is 1.80 bits per heavy atom. The molecule has 0 bridgehead atoms. The first kappa shape index (κ1) is 9.71. The predicted octanol–water partition coefficient (Wildman–Crippen LogP) is 1.13. The zero-order valence-corrected chi connectivity index (χ0v) is 7.13. The molecule has 5 heteroatoms. The smallest absolute Gasteiger partial charge is 0.341 e. The molecule has 3 nitrogen and oxygen atoms in total. The lowest BCUT2D eigenvalue weighted by Crippen LogP contribution is -2.09. The lowest BCUT2D eigenvalue weighted by atomic mass is 10.8.